The van der Waals surface area contributed by atoms with Gasteiger partial charge in [-0.2, -0.15) is 4.37 Å². The highest BCUT2D eigenvalue weighted by Gasteiger charge is 2.20. The number of carbonyl (C=O) groups excluding carboxylic acids is 1. The third kappa shape index (κ3) is 2.74. The van der Waals surface area contributed by atoms with Crippen LogP contribution in [-0.4, -0.2) is 31.3 Å². The summed E-state index contributed by atoms with van der Waals surface area (Å²) in [6.45, 7) is 3.32. The highest BCUT2D eigenvalue weighted by molar-refractivity contribution is 7.11. The quantitative estimate of drug-likeness (QED) is 0.881. The predicted molar refractivity (Wildman–Crippen MR) is 68.5 cm³/mol. The Hall–Kier alpha value is -2.35. The Morgan fingerprint density at radius 2 is 2.00 bits per heavy atom. The maximum Gasteiger partial charge on any atom is 0.340 e. The van der Waals surface area contributed by atoms with Crippen LogP contribution in [0.25, 0.3) is 0 Å². The standard InChI is InChI=1S/C11H10N4O3S/c1-5-3-13-7(4-12-5)9(16)14-10-8(11(17)18)6(2)15-19-10/h3-4H,1-2H3,(H,14,16)(H,17,18). The smallest absolute Gasteiger partial charge is 0.340 e. The van der Waals surface area contributed by atoms with Crippen LogP contribution in [0, 0.1) is 13.8 Å². The molecule has 0 bridgehead atoms. The normalized spacial score (nSPS) is 10.2. The van der Waals surface area contributed by atoms with E-state index in [0.717, 1.165) is 11.5 Å². The van der Waals surface area contributed by atoms with Crippen LogP contribution < -0.4 is 5.32 Å². The zero-order valence-corrected chi connectivity index (χ0v) is 11.0. The number of rotatable bonds is 3. The first-order valence-corrected chi connectivity index (χ1v) is 6.06. The highest BCUT2D eigenvalue weighted by Crippen LogP contribution is 2.24. The summed E-state index contributed by atoms with van der Waals surface area (Å²) in [5.41, 5.74) is 1.17. The minimum absolute atomic E-state index is 0.00146. The SMILES string of the molecule is Cc1cnc(C(=O)Nc2snc(C)c2C(=O)O)cn1. The second-order valence-corrected chi connectivity index (χ2v) is 4.55. The number of nitrogens with one attached hydrogen (secondary N) is 1. The van der Waals surface area contributed by atoms with Crippen molar-refractivity contribution in [1.82, 2.24) is 14.3 Å². The van der Waals surface area contributed by atoms with Crippen LogP contribution in [0.5, 0.6) is 0 Å². The van der Waals surface area contributed by atoms with Gasteiger partial charge in [0.25, 0.3) is 5.91 Å². The molecule has 0 aliphatic rings. The van der Waals surface area contributed by atoms with Crippen molar-refractivity contribution in [2.75, 3.05) is 5.32 Å². The summed E-state index contributed by atoms with van der Waals surface area (Å²) < 4.78 is 3.91. The Morgan fingerprint density at radius 3 is 2.58 bits per heavy atom. The first-order valence-electron chi connectivity index (χ1n) is 5.28. The van der Waals surface area contributed by atoms with E-state index in [1.165, 1.54) is 12.4 Å². The van der Waals surface area contributed by atoms with E-state index in [9.17, 15) is 9.59 Å². The van der Waals surface area contributed by atoms with E-state index in [2.05, 4.69) is 19.7 Å². The van der Waals surface area contributed by atoms with E-state index in [1.807, 2.05) is 0 Å². The fourth-order valence-corrected chi connectivity index (χ4v) is 2.17. The average Bonchev–Trinajstić information content (AvgIpc) is 2.71. The highest BCUT2D eigenvalue weighted by atomic mass is 32.1. The van der Waals surface area contributed by atoms with E-state index in [4.69, 9.17) is 5.11 Å². The van der Waals surface area contributed by atoms with Gasteiger partial charge in [0.2, 0.25) is 0 Å². The van der Waals surface area contributed by atoms with Crippen molar-refractivity contribution in [3.8, 4) is 0 Å². The molecule has 0 aromatic carbocycles. The van der Waals surface area contributed by atoms with Gasteiger partial charge in [0.1, 0.15) is 16.3 Å². The molecule has 2 heterocycles. The molecule has 2 N–H and O–H groups in total. The largest absolute Gasteiger partial charge is 0.478 e. The minimum atomic E-state index is -1.13. The number of hydrogen-bond acceptors (Lipinski definition) is 6. The molecule has 0 unspecified atom stereocenters. The maximum atomic E-state index is 11.9. The zero-order chi connectivity index (χ0) is 14.0. The summed E-state index contributed by atoms with van der Waals surface area (Å²) in [6.07, 6.45) is 2.80. The fourth-order valence-electron chi connectivity index (χ4n) is 1.38. The maximum absolute atomic E-state index is 11.9. The number of aromatic carboxylic acids is 1. The van der Waals surface area contributed by atoms with Crippen LogP contribution in [-0.2, 0) is 0 Å². The van der Waals surface area contributed by atoms with Gasteiger partial charge in [-0.1, -0.05) is 0 Å². The van der Waals surface area contributed by atoms with E-state index in [0.29, 0.717) is 11.4 Å². The van der Waals surface area contributed by atoms with Crippen molar-refractivity contribution < 1.29 is 14.7 Å². The molecule has 2 aromatic heterocycles. The molecule has 19 heavy (non-hydrogen) atoms. The van der Waals surface area contributed by atoms with E-state index in [1.54, 1.807) is 13.8 Å². The first-order chi connectivity index (χ1) is 8.99. The number of amides is 1. The number of hydrogen-bond donors (Lipinski definition) is 2. The van der Waals surface area contributed by atoms with Gasteiger partial charge >= 0.3 is 5.97 Å². The predicted octanol–water partition coefficient (Wildman–Crippen LogP) is 1.50. The van der Waals surface area contributed by atoms with Crippen LogP contribution >= 0.6 is 11.5 Å². The Balaban J connectivity index is 2.24. The van der Waals surface area contributed by atoms with Crippen molar-refractivity contribution in [2.24, 2.45) is 0 Å². The molecule has 1 amide bonds. The lowest BCUT2D eigenvalue weighted by atomic mass is 10.2. The van der Waals surface area contributed by atoms with Crippen LogP contribution in [0.4, 0.5) is 5.00 Å². The van der Waals surface area contributed by atoms with Crippen LogP contribution in [0.3, 0.4) is 0 Å². The molecular formula is C11H10N4O3S. The van der Waals surface area contributed by atoms with Crippen LogP contribution in [0.1, 0.15) is 32.2 Å². The van der Waals surface area contributed by atoms with Crippen molar-refractivity contribution in [1.29, 1.82) is 0 Å². The lowest BCUT2D eigenvalue weighted by Gasteiger charge is -2.03. The molecule has 0 atom stereocenters. The van der Waals surface area contributed by atoms with Gasteiger partial charge in [0.05, 0.1) is 17.6 Å². The lowest BCUT2D eigenvalue weighted by molar-refractivity contribution is 0.0697. The van der Waals surface area contributed by atoms with Crippen LogP contribution in [0.2, 0.25) is 0 Å². The first kappa shape index (κ1) is 13.1. The Morgan fingerprint density at radius 1 is 1.26 bits per heavy atom. The summed E-state index contributed by atoms with van der Waals surface area (Å²) in [4.78, 5) is 30.8. The van der Waals surface area contributed by atoms with Gasteiger partial charge in [-0.3, -0.25) is 9.78 Å². The van der Waals surface area contributed by atoms with E-state index < -0.39 is 11.9 Å². The van der Waals surface area contributed by atoms with Gasteiger partial charge in [-0.15, -0.1) is 0 Å². The summed E-state index contributed by atoms with van der Waals surface area (Å²) >= 11 is 0.920. The van der Waals surface area contributed by atoms with Crippen molar-refractivity contribution in [2.45, 2.75) is 13.8 Å². The van der Waals surface area contributed by atoms with Gasteiger partial charge in [-0.25, -0.2) is 9.78 Å². The molecule has 0 aliphatic carbocycles. The van der Waals surface area contributed by atoms with Gasteiger partial charge in [0.15, 0.2) is 0 Å². The third-order valence-electron chi connectivity index (χ3n) is 2.32. The number of aryl methyl sites for hydroxylation is 2. The number of anilines is 1. The molecule has 0 spiro atoms. The number of carbonyl (C=O) groups is 2. The summed E-state index contributed by atoms with van der Waals surface area (Å²) in [5, 5.41) is 11.7. The molecule has 0 fully saturated rings. The second-order valence-electron chi connectivity index (χ2n) is 3.77. The Bertz CT molecular complexity index is 636. The monoisotopic (exact) mass is 278 g/mol. The molecule has 0 saturated carbocycles. The molecule has 0 aliphatic heterocycles. The lowest BCUT2D eigenvalue weighted by Crippen LogP contribution is -2.15. The molecule has 0 radical (unpaired) electrons. The van der Waals surface area contributed by atoms with Crippen molar-refractivity contribution in [3.63, 3.8) is 0 Å². The molecule has 2 aromatic rings. The minimum Gasteiger partial charge on any atom is -0.478 e. The van der Waals surface area contributed by atoms with Crippen molar-refractivity contribution >= 4 is 28.4 Å². The average molecular weight is 278 g/mol. The van der Waals surface area contributed by atoms with E-state index in [-0.39, 0.29) is 16.3 Å². The number of nitrogens with zero attached hydrogens (tertiary/aromatic N) is 3. The van der Waals surface area contributed by atoms with E-state index >= 15 is 0 Å². The summed E-state index contributed by atoms with van der Waals surface area (Å²) in [6, 6.07) is 0. The molecule has 98 valence electrons. The number of aromatic nitrogens is 3. The second kappa shape index (κ2) is 5.11. The zero-order valence-electron chi connectivity index (χ0n) is 10.2. The molecule has 0 saturated heterocycles. The third-order valence-corrected chi connectivity index (χ3v) is 3.17. The summed E-state index contributed by atoms with van der Waals surface area (Å²) in [5.74, 6) is -1.64. The summed E-state index contributed by atoms with van der Waals surface area (Å²) in [7, 11) is 0. The molecule has 2 rings (SSSR count). The fraction of sp³-hybridized carbons (Fsp3) is 0.182. The topological polar surface area (TPSA) is 105 Å². The molecule has 7 nitrogen and oxygen atoms in total. The Labute approximate surface area is 112 Å². The Kier molecular flexibility index (Phi) is 3.52. The van der Waals surface area contributed by atoms with Gasteiger partial charge in [0, 0.05) is 6.20 Å². The van der Waals surface area contributed by atoms with Gasteiger partial charge < -0.3 is 10.4 Å². The molecule has 8 heteroatoms. The van der Waals surface area contributed by atoms with Crippen LogP contribution in [0.15, 0.2) is 12.4 Å². The number of carboxylic acid groups (broad SMARTS) is 1. The van der Waals surface area contributed by atoms with Gasteiger partial charge in [-0.05, 0) is 25.4 Å². The number of carboxylic acids is 1. The van der Waals surface area contributed by atoms with Crippen molar-refractivity contribution in [3.05, 3.63) is 35.0 Å². The molecular weight excluding hydrogens is 268 g/mol.